The van der Waals surface area contributed by atoms with Crippen LogP contribution >= 0.6 is 0 Å². The SMILES string of the molecule is NS(=O)(=O)C[C@H]1COc2cc(-c3nc(N4CC[C@H]4C(F)F)nc4c3CCC4(F)F)ccc21. The van der Waals surface area contributed by atoms with Gasteiger partial charge in [0.25, 0.3) is 12.3 Å². The summed E-state index contributed by atoms with van der Waals surface area (Å²) in [5.41, 5.74) is 1.24. The molecule has 1 aliphatic carbocycles. The molecule has 1 fully saturated rings. The number of fused-ring (bicyclic) bond motifs is 2. The normalized spacial score (nSPS) is 23.6. The Morgan fingerprint density at radius 1 is 1.28 bits per heavy atom. The summed E-state index contributed by atoms with van der Waals surface area (Å²) in [7, 11) is -3.71. The number of hydrogen-bond donors (Lipinski definition) is 1. The number of nitrogens with two attached hydrogens (primary N) is 1. The number of rotatable bonds is 5. The molecule has 3 heterocycles. The predicted molar refractivity (Wildman–Crippen MR) is 108 cm³/mol. The first-order chi connectivity index (χ1) is 15.0. The molecule has 0 radical (unpaired) electrons. The van der Waals surface area contributed by atoms with E-state index in [0.29, 0.717) is 16.9 Å². The van der Waals surface area contributed by atoms with Gasteiger partial charge in [0.15, 0.2) is 0 Å². The summed E-state index contributed by atoms with van der Waals surface area (Å²) in [6.07, 6.45) is -2.76. The van der Waals surface area contributed by atoms with Gasteiger partial charge in [-0.15, -0.1) is 0 Å². The molecule has 2 atom stereocenters. The highest BCUT2D eigenvalue weighted by Gasteiger charge is 2.45. The topological polar surface area (TPSA) is 98.4 Å². The number of benzene rings is 1. The van der Waals surface area contributed by atoms with Gasteiger partial charge < -0.3 is 9.64 Å². The summed E-state index contributed by atoms with van der Waals surface area (Å²) in [4.78, 5) is 9.67. The van der Waals surface area contributed by atoms with Gasteiger partial charge in [-0.25, -0.2) is 32.3 Å². The van der Waals surface area contributed by atoms with Crippen molar-refractivity contribution in [2.75, 3.05) is 23.8 Å². The van der Waals surface area contributed by atoms with Crippen LogP contribution in [0.4, 0.5) is 23.5 Å². The third kappa shape index (κ3) is 3.58. The first-order valence-electron chi connectivity index (χ1n) is 10.1. The zero-order valence-corrected chi connectivity index (χ0v) is 17.6. The van der Waals surface area contributed by atoms with Crippen molar-refractivity contribution in [3.05, 3.63) is 35.0 Å². The molecule has 0 saturated carbocycles. The van der Waals surface area contributed by atoms with E-state index in [2.05, 4.69) is 9.97 Å². The Morgan fingerprint density at radius 2 is 2.06 bits per heavy atom. The number of ether oxygens (including phenoxy) is 1. The predicted octanol–water partition coefficient (Wildman–Crippen LogP) is 2.79. The monoisotopic (exact) mass is 472 g/mol. The van der Waals surface area contributed by atoms with Crippen molar-refractivity contribution >= 4 is 16.0 Å². The molecule has 0 bridgehead atoms. The highest BCUT2D eigenvalue weighted by molar-refractivity contribution is 7.89. The zero-order chi connectivity index (χ0) is 22.8. The molecular weight excluding hydrogens is 452 g/mol. The van der Waals surface area contributed by atoms with Gasteiger partial charge in [-0.1, -0.05) is 12.1 Å². The van der Waals surface area contributed by atoms with Crippen LogP contribution in [0.25, 0.3) is 11.3 Å². The van der Waals surface area contributed by atoms with Gasteiger partial charge >= 0.3 is 0 Å². The summed E-state index contributed by atoms with van der Waals surface area (Å²) in [6.45, 7) is 0.394. The van der Waals surface area contributed by atoms with Crippen molar-refractivity contribution in [2.24, 2.45) is 5.14 Å². The molecule has 2 aromatic rings. The summed E-state index contributed by atoms with van der Waals surface area (Å²) in [6, 6.07) is 3.83. The van der Waals surface area contributed by atoms with E-state index >= 15 is 0 Å². The van der Waals surface area contributed by atoms with Crippen LogP contribution in [0.5, 0.6) is 5.75 Å². The maximum Gasteiger partial charge on any atom is 0.290 e. The number of anilines is 1. The van der Waals surface area contributed by atoms with Crippen LogP contribution < -0.4 is 14.8 Å². The lowest BCUT2D eigenvalue weighted by atomic mass is 9.98. The van der Waals surface area contributed by atoms with Gasteiger partial charge in [-0.2, -0.15) is 8.78 Å². The van der Waals surface area contributed by atoms with E-state index in [0.717, 1.165) is 0 Å². The fourth-order valence-corrected chi connectivity index (χ4v) is 5.38. The number of primary sulfonamides is 1. The van der Waals surface area contributed by atoms with Gasteiger partial charge in [0.1, 0.15) is 11.4 Å². The molecule has 12 heteroatoms. The number of halogens is 4. The Bertz CT molecular complexity index is 1190. The Hall–Kier alpha value is -2.47. The number of aromatic nitrogens is 2. The number of nitrogens with zero attached hydrogens (tertiary/aromatic N) is 3. The molecule has 172 valence electrons. The van der Waals surface area contributed by atoms with Crippen LogP contribution in [-0.4, -0.2) is 49.8 Å². The van der Waals surface area contributed by atoms with Gasteiger partial charge in [0, 0.05) is 35.6 Å². The zero-order valence-electron chi connectivity index (χ0n) is 16.8. The maximum absolute atomic E-state index is 14.5. The summed E-state index contributed by atoms with van der Waals surface area (Å²) >= 11 is 0. The lowest BCUT2D eigenvalue weighted by Crippen LogP contribution is -2.53. The molecule has 1 saturated heterocycles. The smallest absolute Gasteiger partial charge is 0.290 e. The van der Waals surface area contributed by atoms with Gasteiger partial charge in [-0.3, -0.25) is 0 Å². The minimum Gasteiger partial charge on any atom is -0.493 e. The minimum atomic E-state index is -3.71. The van der Waals surface area contributed by atoms with Gasteiger partial charge in [0.2, 0.25) is 16.0 Å². The lowest BCUT2D eigenvalue weighted by molar-refractivity contribution is -0.00600. The molecule has 0 amide bonds. The van der Waals surface area contributed by atoms with Crippen molar-refractivity contribution in [3.63, 3.8) is 0 Å². The summed E-state index contributed by atoms with van der Waals surface area (Å²) < 4.78 is 84.1. The molecule has 7 nitrogen and oxygen atoms in total. The largest absolute Gasteiger partial charge is 0.493 e. The average molecular weight is 472 g/mol. The van der Waals surface area contributed by atoms with E-state index in [4.69, 9.17) is 9.88 Å². The third-order valence-corrected chi connectivity index (χ3v) is 7.11. The molecule has 2 aliphatic heterocycles. The standard InChI is InChI=1S/C20H20F4N4O3S/c21-18(22)14-4-6-28(14)19-26-16(13-3-5-20(23,24)17(13)27-19)10-1-2-12-11(9-32(25,29)30)8-31-15(12)7-10/h1-2,7,11,14,18H,3-6,8-9H2,(H2,25,29,30)/t11-,14+/m1/s1. The van der Waals surface area contributed by atoms with E-state index < -0.39 is 46.4 Å². The average Bonchev–Trinajstić information content (AvgIpc) is 3.19. The van der Waals surface area contributed by atoms with Crippen LogP contribution in [0.3, 0.4) is 0 Å². The van der Waals surface area contributed by atoms with E-state index in [9.17, 15) is 26.0 Å². The number of hydrogen-bond acceptors (Lipinski definition) is 6. The molecule has 2 N–H and O–H groups in total. The second-order valence-corrected chi connectivity index (χ2v) is 10.0. The first kappa shape index (κ1) is 21.4. The van der Waals surface area contributed by atoms with Crippen LogP contribution in [-0.2, 0) is 22.4 Å². The van der Waals surface area contributed by atoms with E-state index in [1.165, 1.54) is 4.90 Å². The van der Waals surface area contributed by atoms with Crippen LogP contribution in [0.15, 0.2) is 18.2 Å². The molecular formula is C20H20F4N4O3S. The summed E-state index contributed by atoms with van der Waals surface area (Å²) in [5, 5.41) is 5.15. The van der Waals surface area contributed by atoms with Crippen molar-refractivity contribution in [2.45, 2.75) is 43.6 Å². The second kappa shape index (κ2) is 7.27. The molecule has 32 heavy (non-hydrogen) atoms. The fraction of sp³-hybridized carbons (Fsp3) is 0.500. The lowest BCUT2D eigenvalue weighted by Gasteiger charge is -2.40. The van der Waals surface area contributed by atoms with Crippen LogP contribution in [0, 0.1) is 0 Å². The van der Waals surface area contributed by atoms with Crippen molar-refractivity contribution in [3.8, 4) is 17.0 Å². The minimum absolute atomic E-state index is 0.0577. The second-order valence-electron chi connectivity index (χ2n) is 8.38. The number of sulfonamides is 1. The Morgan fingerprint density at radius 3 is 2.72 bits per heavy atom. The molecule has 1 aromatic heterocycles. The Kier molecular flexibility index (Phi) is 4.86. The van der Waals surface area contributed by atoms with Crippen molar-refractivity contribution in [1.82, 2.24) is 9.97 Å². The van der Waals surface area contributed by atoms with Gasteiger partial charge in [-0.05, 0) is 18.9 Å². The molecule has 0 unspecified atom stereocenters. The first-order valence-corrected chi connectivity index (χ1v) is 11.9. The Labute approximate surface area is 181 Å². The van der Waals surface area contributed by atoms with Gasteiger partial charge in [0.05, 0.1) is 24.1 Å². The van der Waals surface area contributed by atoms with Crippen molar-refractivity contribution in [1.29, 1.82) is 0 Å². The maximum atomic E-state index is 14.5. The highest BCUT2D eigenvalue weighted by atomic mass is 32.2. The highest BCUT2D eigenvalue weighted by Crippen LogP contribution is 2.46. The molecule has 5 rings (SSSR count). The van der Waals surface area contributed by atoms with E-state index in [1.54, 1.807) is 18.2 Å². The third-order valence-electron chi connectivity index (χ3n) is 6.24. The number of alkyl halides is 4. The van der Waals surface area contributed by atoms with Crippen LogP contribution in [0.1, 0.15) is 35.6 Å². The molecule has 1 aromatic carbocycles. The van der Waals surface area contributed by atoms with Crippen LogP contribution in [0.2, 0.25) is 0 Å². The summed E-state index contributed by atoms with van der Waals surface area (Å²) in [5.74, 6) is -3.59. The fourth-order valence-electron chi connectivity index (χ4n) is 4.54. The Balaban J connectivity index is 1.57. The van der Waals surface area contributed by atoms with Crippen molar-refractivity contribution < 1.29 is 30.7 Å². The van der Waals surface area contributed by atoms with E-state index in [-0.39, 0.29) is 49.0 Å². The quantitative estimate of drug-likeness (QED) is 0.672. The molecule has 3 aliphatic rings. The molecule has 0 spiro atoms. The van der Waals surface area contributed by atoms with E-state index in [1.807, 2.05) is 0 Å².